The first-order chi connectivity index (χ1) is 6.82. The molecule has 1 unspecified atom stereocenters. The lowest BCUT2D eigenvalue weighted by molar-refractivity contribution is -0.126. The average molecular weight is 210 g/mol. The highest BCUT2D eigenvalue weighted by molar-refractivity contribution is 6.44. The van der Waals surface area contributed by atoms with Crippen LogP contribution in [0.1, 0.15) is 34.1 Å². The predicted octanol–water partition coefficient (Wildman–Crippen LogP) is 0.953. The van der Waals surface area contributed by atoms with Crippen molar-refractivity contribution in [1.29, 1.82) is 0 Å². The van der Waals surface area contributed by atoms with E-state index in [1.807, 2.05) is 27.7 Å². The van der Waals surface area contributed by atoms with Crippen LogP contribution in [0.15, 0.2) is 4.90 Å². The Morgan fingerprint density at radius 1 is 1.53 bits per heavy atom. The number of nitrogens with one attached hydrogen (secondary N) is 1. The summed E-state index contributed by atoms with van der Waals surface area (Å²) in [6.07, 6.45) is 0.747. The summed E-state index contributed by atoms with van der Waals surface area (Å²) in [7, 11) is 3.32. The van der Waals surface area contributed by atoms with E-state index in [0.29, 0.717) is 5.96 Å². The van der Waals surface area contributed by atoms with E-state index >= 15 is 0 Å². The maximum atomic E-state index is 11.9. The van der Waals surface area contributed by atoms with Gasteiger partial charge in [0.1, 0.15) is 5.78 Å². The lowest BCUT2D eigenvalue weighted by atomic mass is 9.66. The van der Waals surface area contributed by atoms with E-state index in [2.05, 4.69) is 10.2 Å². The number of nitrogens with two attached hydrogens (primary N) is 1. The molecule has 0 bridgehead atoms. The van der Waals surface area contributed by atoms with Gasteiger partial charge in [0.2, 0.25) is 0 Å². The summed E-state index contributed by atoms with van der Waals surface area (Å²) in [6.45, 7) is 7.71. The number of hydrogen-bond acceptors (Lipinski definition) is 2. The number of carbonyl (C=O) groups excluding carboxylic acids is 1. The highest BCUT2D eigenvalue weighted by Gasteiger charge is 2.28. The molecule has 0 saturated heterocycles. The van der Waals surface area contributed by atoms with Gasteiger partial charge in [0.15, 0.2) is 5.96 Å². The summed E-state index contributed by atoms with van der Waals surface area (Å²) in [6, 6.07) is 0. The van der Waals surface area contributed by atoms with E-state index in [1.165, 1.54) is 0 Å². The van der Waals surface area contributed by atoms with Crippen molar-refractivity contribution in [1.82, 2.24) is 5.32 Å². The Bertz CT molecular complexity index is 246. The fourth-order valence-corrected chi connectivity index (χ4v) is 1.15. The van der Waals surface area contributed by atoms with Crippen molar-refractivity contribution < 1.29 is 4.79 Å². The summed E-state index contributed by atoms with van der Waals surface area (Å²) in [5.41, 5.74) is 5.15. The zero-order chi connectivity index (χ0) is 12.1. The first-order valence-corrected chi connectivity index (χ1v) is 5.21. The molecule has 0 rings (SSSR count). The topological polar surface area (TPSA) is 67.5 Å². The number of guanidine groups is 1. The van der Waals surface area contributed by atoms with Crippen LogP contribution < -0.4 is 11.1 Å². The third kappa shape index (κ3) is 4.86. The number of rotatable bonds is 4. The Kier molecular flexibility index (Phi) is 5.40. The maximum absolute atomic E-state index is 11.9. The Morgan fingerprint density at radius 2 is 2.07 bits per heavy atom. The molecule has 1 radical (unpaired) electrons. The van der Waals surface area contributed by atoms with Crippen LogP contribution in [0.4, 0.5) is 0 Å². The zero-order valence-electron chi connectivity index (χ0n) is 10.3. The van der Waals surface area contributed by atoms with Crippen LogP contribution >= 0.6 is 0 Å². The van der Waals surface area contributed by atoms with Crippen LogP contribution in [-0.2, 0) is 4.79 Å². The zero-order valence-corrected chi connectivity index (χ0v) is 10.3. The lowest BCUT2D eigenvalue weighted by Gasteiger charge is -2.22. The second kappa shape index (κ2) is 5.78. The molecule has 0 aromatic heterocycles. The van der Waals surface area contributed by atoms with Crippen LogP contribution in [0.3, 0.4) is 0 Å². The van der Waals surface area contributed by atoms with Crippen molar-refractivity contribution in [3.05, 3.63) is 0 Å². The molecule has 0 fully saturated rings. The van der Waals surface area contributed by atoms with Crippen molar-refractivity contribution in [3.8, 4) is 0 Å². The van der Waals surface area contributed by atoms with E-state index in [0.717, 1.165) is 6.42 Å². The fraction of sp³-hybridized carbons (Fsp3) is 0.800. The van der Waals surface area contributed by atoms with Crippen molar-refractivity contribution in [2.45, 2.75) is 39.9 Å². The van der Waals surface area contributed by atoms with Crippen LogP contribution in [0.5, 0.6) is 0 Å². The van der Waals surface area contributed by atoms with Crippen molar-refractivity contribution in [2.24, 2.45) is 16.1 Å². The summed E-state index contributed by atoms with van der Waals surface area (Å²) >= 11 is 0. The van der Waals surface area contributed by atoms with Crippen LogP contribution in [0, 0.1) is 5.41 Å². The molecule has 0 aromatic carbocycles. The lowest BCUT2D eigenvalue weighted by Crippen LogP contribution is -2.31. The predicted molar refractivity (Wildman–Crippen MR) is 64.9 cm³/mol. The van der Waals surface area contributed by atoms with Gasteiger partial charge < -0.3 is 16.0 Å². The number of ketones is 1. The molecule has 0 amide bonds. The Labute approximate surface area is 93.0 Å². The van der Waals surface area contributed by atoms with Gasteiger partial charge in [0.25, 0.3) is 7.41 Å². The molecule has 15 heavy (non-hydrogen) atoms. The quantitative estimate of drug-likeness (QED) is 0.412. The molecular weight excluding hydrogens is 189 g/mol. The molecule has 1 atom stereocenters. The minimum Gasteiger partial charge on any atom is -0.371 e. The fourth-order valence-electron chi connectivity index (χ4n) is 1.15. The molecule has 85 valence electrons. The van der Waals surface area contributed by atoms with E-state index < -0.39 is 0 Å². The van der Waals surface area contributed by atoms with E-state index in [-0.39, 0.29) is 17.0 Å². The van der Waals surface area contributed by atoms with Gasteiger partial charge in [-0.25, -0.2) is 0 Å². The molecule has 0 spiro atoms. The average Bonchev–Trinajstić information content (AvgIpc) is 2.16. The van der Waals surface area contributed by atoms with Crippen LogP contribution in [0.2, 0.25) is 5.82 Å². The largest absolute Gasteiger partial charge is 0.371 e. The number of hydrogen-bond donors (Lipinski definition) is 2. The molecule has 0 heterocycles. The normalized spacial score (nSPS) is 14.6. The molecule has 4 nitrogen and oxygen atoms in total. The number of Topliss-reactive ketones (excluding diaryl/α,β-unsaturated/α-hetero) is 1. The molecule has 0 aliphatic carbocycles. The Morgan fingerprint density at radius 3 is 2.40 bits per heavy atom. The third-order valence-electron chi connectivity index (χ3n) is 2.17. The van der Waals surface area contributed by atoms with Gasteiger partial charge in [0, 0.05) is 18.3 Å². The molecule has 3 N–H and O–H groups in total. The van der Waals surface area contributed by atoms with Gasteiger partial charge in [-0.15, -0.1) is 0 Å². The highest BCUT2D eigenvalue weighted by Crippen LogP contribution is 2.25. The second-order valence-corrected chi connectivity index (χ2v) is 4.54. The molecule has 0 saturated carbocycles. The molecule has 5 heteroatoms. The Hall–Kier alpha value is -0.995. The molecular formula is C10H21BN3O. The molecule has 0 aliphatic rings. The summed E-state index contributed by atoms with van der Waals surface area (Å²) in [4.78, 5) is 15.9. The minimum atomic E-state index is -0.332. The SMILES string of the molecule is CCC([B]N=C(N)NC)C(=O)C(C)(C)C. The van der Waals surface area contributed by atoms with Gasteiger partial charge in [-0.3, -0.25) is 4.79 Å². The number of nitrogens with zero attached hydrogens (tertiary/aromatic N) is 1. The minimum absolute atomic E-state index is 0.156. The standard InChI is InChI=1S/C10H21BN3O/c1-6-7(8(15)10(2,3)4)11-14-9(12)13-5/h7H,6H2,1-5H3,(H3,12,13,14). The first-order valence-electron chi connectivity index (χ1n) is 5.21. The van der Waals surface area contributed by atoms with Crippen LogP contribution in [-0.4, -0.2) is 26.2 Å². The van der Waals surface area contributed by atoms with Gasteiger partial charge >= 0.3 is 0 Å². The first kappa shape index (κ1) is 14.0. The second-order valence-electron chi connectivity index (χ2n) is 4.54. The molecule has 0 aromatic rings. The van der Waals surface area contributed by atoms with Gasteiger partial charge in [-0.1, -0.05) is 34.1 Å². The van der Waals surface area contributed by atoms with E-state index in [9.17, 15) is 4.79 Å². The highest BCUT2D eigenvalue weighted by atomic mass is 16.1. The third-order valence-corrected chi connectivity index (χ3v) is 2.17. The molecule has 0 aliphatic heterocycles. The Balaban J connectivity index is 4.45. The van der Waals surface area contributed by atoms with Crippen molar-refractivity contribution >= 4 is 19.2 Å². The maximum Gasteiger partial charge on any atom is 0.290 e. The summed E-state index contributed by atoms with van der Waals surface area (Å²) < 4.78 is 0. The smallest absolute Gasteiger partial charge is 0.290 e. The van der Waals surface area contributed by atoms with Crippen LogP contribution in [0.25, 0.3) is 0 Å². The van der Waals surface area contributed by atoms with E-state index in [4.69, 9.17) is 5.73 Å². The number of carbonyl (C=O) groups is 1. The van der Waals surface area contributed by atoms with E-state index in [1.54, 1.807) is 14.5 Å². The monoisotopic (exact) mass is 210 g/mol. The van der Waals surface area contributed by atoms with Crippen molar-refractivity contribution in [3.63, 3.8) is 0 Å². The summed E-state index contributed by atoms with van der Waals surface area (Å²) in [5.74, 6) is 0.365. The summed E-state index contributed by atoms with van der Waals surface area (Å²) in [5, 5.41) is 2.71. The van der Waals surface area contributed by atoms with Gasteiger partial charge in [-0.05, 0) is 0 Å². The van der Waals surface area contributed by atoms with Gasteiger partial charge in [0.05, 0.1) is 0 Å². The van der Waals surface area contributed by atoms with Gasteiger partial charge in [-0.2, -0.15) is 0 Å². The van der Waals surface area contributed by atoms with Crippen molar-refractivity contribution in [2.75, 3.05) is 7.05 Å².